The molecular weight excluding hydrogens is 596 g/mol. The van der Waals surface area contributed by atoms with Crippen LogP contribution >= 0.6 is 31.9 Å². The van der Waals surface area contributed by atoms with Crippen LogP contribution in [0.25, 0.3) is 0 Å². The van der Waals surface area contributed by atoms with E-state index in [-0.39, 0.29) is 31.0 Å². The summed E-state index contributed by atoms with van der Waals surface area (Å²) in [6.07, 6.45) is 1.20. The van der Waals surface area contributed by atoms with Crippen molar-refractivity contribution in [2.75, 3.05) is 6.61 Å². The number of rotatable bonds is 11. The van der Waals surface area contributed by atoms with Gasteiger partial charge >= 0.3 is 0 Å². The number of benzene rings is 3. The van der Waals surface area contributed by atoms with E-state index in [2.05, 4.69) is 37.2 Å². The Bertz CT molecular complexity index is 1190. The summed E-state index contributed by atoms with van der Waals surface area (Å²) in [7, 11) is 0. The molecule has 3 rings (SSSR count). The summed E-state index contributed by atoms with van der Waals surface area (Å²) in [6, 6.07) is 20.7. The van der Waals surface area contributed by atoms with E-state index in [9.17, 15) is 9.59 Å². The molecule has 0 heterocycles. The van der Waals surface area contributed by atoms with Gasteiger partial charge in [0.15, 0.2) is 6.61 Å². The lowest BCUT2D eigenvalue weighted by molar-refractivity contribution is -0.143. The first kappa shape index (κ1) is 28.9. The molecule has 0 bridgehead atoms. The first-order chi connectivity index (χ1) is 17.7. The molecule has 0 saturated heterocycles. The molecule has 3 aromatic rings. The van der Waals surface area contributed by atoms with Gasteiger partial charge in [-0.1, -0.05) is 81.2 Å². The number of hydrogen-bond acceptors (Lipinski definition) is 3. The van der Waals surface area contributed by atoms with Crippen molar-refractivity contribution in [1.29, 1.82) is 0 Å². The third kappa shape index (κ3) is 8.44. The highest BCUT2D eigenvalue weighted by molar-refractivity contribution is 9.10. The van der Waals surface area contributed by atoms with Crippen LogP contribution in [-0.4, -0.2) is 35.4 Å². The number of aryl methyl sites for hydroxylation is 2. The van der Waals surface area contributed by atoms with Gasteiger partial charge < -0.3 is 15.0 Å². The minimum absolute atomic E-state index is 0.00133. The summed E-state index contributed by atoms with van der Waals surface area (Å²) >= 11 is 7.09. The van der Waals surface area contributed by atoms with Gasteiger partial charge in [0.1, 0.15) is 11.8 Å². The van der Waals surface area contributed by atoms with Crippen molar-refractivity contribution in [1.82, 2.24) is 10.2 Å². The van der Waals surface area contributed by atoms with Crippen molar-refractivity contribution in [2.45, 2.75) is 59.2 Å². The molecule has 0 unspecified atom stereocenters. The second-order valence-corrected chi connectivity index (χ2v) is 11.0. The average Bonchev–Trinajstić information content (AvgIpc) is 2.88. The Balaban J connectivity index is 1.93. The van der Waals surface area contributed by atoms with E-state index in [1.54, 1.807) is 4.90 Å². The summed E-state index contributed by atoms with van der Waals surface area (Å²) in [4.78, 5) is 28.9. The van der Waals surface area contributed by atoms with Crippen molar-refractivity contribution in [3.8, 4) is 5.75 Å². The lowest BCUT2D eigenvalue weighted by Crippen LogP contribution is -2.53. The maximum absolute atomic E-state index is 13.7. The van der Waals surface area contributed by atoms with E-state index in [0.717, 1.165) is 37.6 Å². The van der Waals surface area contributed by atoms with Crippen LogP contribution in [0.1, 0.15) is 42.5 Å². The van der Waals surface area contributed by atoms with E-state index >= 15 is 0 Å². The van der Waals surface area contributed by atoms with E-state index < -0.39 is 6.04 Å². The van der Waals surface area contributed by atoms with Crippen LogP contribution in [0.5, 0.6) is 5.75 Å². The fourth-order valence-electron chi connectivity index (χ4n) is 4.04. The van der Waals surface area contributed by atoms with Gasteiger partial charge in [-0.3, -0.25) is 9.59 Å². The zero-order chi connectivity index (χ0) is 26.9. The number of hydrogen-bond donors (Lipinski definition) is 1. The second kappa shape index (κ2) is 13.8. The van der Waals surface area contributed by atoms with Crippen LogP contribution in [0.3, 0.4) is 0 Å². The predicted molar refractivity (Wildman–Crippen MR) is 156 cm³/mol. The Labute approximate surface area is 236 Å². The molecule has 2 amide bonds. The number of nitrogens with one attached hydrogen (secondary N) is 1. The Kier molecular flexibility index (Phi) is 10.8. The van der Waals surface area contributed by atoms with Crippen molar-refractivity contribution >= 4 is 43.7 Å². The number of carbonyl (C=O) groups excluding carboxylic acids is 2. The van der Waals surface area contributed by atoms with E-state index in [4.69, 9.17) is 4.74 Å². The van der Waals surface area contributed by atoms with Gasteiger partial charge in [0, 0.05) is 28.0 Å². The fraction of sp³-hybridized carbons (Fsp3) is 0.333. The van der Waals surface area contributed by atoms with Crippen molar-refractivity contribution < 1.29 is 14.3 Å². The highest BCUT2D eigenvalue weighted by atomic mass is 79.9. The summed E-state index contributed by atoms with van der Waals surface area (Å²) in [5, 5.41) is 3.09. The van der Waals surface area contributed by atoms with Crippen molar-refractivity contribution in [3.63, 3.8) is 0 Å². The highest BCUT2D eigenvalue weighted by Crippen LogP contribution is 2.26. The fourth-order valence-corrected chi connectivity index (χ4v) is 4.72. The van der Waals surface area contributed by atoms with Gasteiger partial charge in [-0.05, 0) is 73.7 Å². The zero-order valence-electron chi connectivity index (χ0n) is 21.8. The molecule has 3 aromatic carbocycles. The van der Waals surface area contributed by atoms with Gasteiger partial charge in [-0.25, -0.2) is 0 Å². The number of nitrogens with zero attached hydrogens (tertiary/aromatic N) is 1. The molecule has 0 spiro atoms. The normalized spacial score (nSPS) is 12.5. The number of amides is 2. The van der Waals surface area contributed by atoms with Gasteiger partial charge in [0.25, 0.3) is 5.91 Å². The lowest BCUT2D eigenvalue weighted by Gasteiger charge is -2.32. The van der Waals surface area contributed by atoms with Crippen LogP contribution in [0.15, 0.2) is 75.7 Å². The lowest BCUT2D eigenvalue weighted by atomic mass is 10.0. The smallest absolute Gasteiger partial charge is 0.261 e. The summed E-state index contributed by atoms with van der Waals surface area (Å²) in [6.45, 7) is 8.08. The minimum atomic E-state index is -0.695. The quantitative estimate of drug-likeness (QED) is 0.255. The Morgan fingerprint density at radius 2 is 1.59 bits per heavy atom. The van der Waals surface area contributed by atoms with Gasteiger partial charge in [0.2, 0.25) is 5.91 Å². The molecule has 5 nitrogen and oxygen atoms in total. The topological polar surface area (TPSA) is 58.6 Å². The molecule has 0 aliphatic carbocycles. The molecule has 37 heavy (non-hydrogen) atoms. The molecular formula is C30H34Br2N2O3. The predicted octanol–water partition coefficient (Wildman–Crippen LogP) is 6.76. The molecule has 196 valence electrons. The summed E-state index contributed by atoms with van der Waals surface area (Å²) in [5.41, 5.74) is 3.97. The molecule has 2 atom stereocenters. The Hall–Kier alpha value is -2.64. The average molecular weight is 630 g/mol. The molecule has 0 radical (unpaired) electrons. The Morgan fingerprint density at radius 3 is 2.22 bits per heavy atom. The Morgan fingerprint density at radius 1 is 0.946 bits per heavy atom. The van der Waals surface area contributed by atoms with E-state index in [1.807, 2.05) is 94.4 Å². The van der Waals surface area contributed by atoms with Gasteiger partial charge in [-0.2, -0.15) is 0 Å². The first-order valence-electron chi connectivity index (χ1n) is 12.5. The largest absolute Gasteiger partial charge is 0.484 e. The van der Waals surface area contributed by atoms with Crippen LogP contribution in [0, 0.1) is 13.8 Å². The zero-order valence-corrected chi connectivity index (χ0v) is 24.9. The molecule has 0 aliphatic heterocycles. The van der Waals surface area contributed by atoms with Crippen LogP contribution in [0.2, 0.25) is 0 Å². The van der Waals surface area contributed by atoms with Gasteiger partial charge in [-0.15, -0.1) is 0 Å². The van der Waals surface area contributed by atoms with Crippen LogP contribution in [-0.2, 0) is 22.6 Å². The minimum Gasteiger partial charge on any atom is -0.484 e. The molecule has 0 fully saturated rings. The van der Waals surface area contributed by atoms with E-state index in [0.29, 0.717) is 12.2 Å². The molecule has 0 aromatic heterocycles. The summed E-state index contributed by atoms with van der Waals surface area (Å²) < 4.78 is 7.89. The standard InChI is InChI=1S/C30H34Br2N2O3/c1-5-22(4)33-30(36)27(17-23-10-7-6-8-11-23)34(18-24-12-9-13-25(31)16-24)28(35)19-37-26-14-20(2)29(32)21(3)15-26/h6-16,22,27H,5,17-19H2,1-4H3,(H,33,36)/t22-,27-/m1/s1. The third-order valence-electron chi connectivity index (χ3n) is 6.29. The number of carbonyl (C=O) groups is 2. The first-order valence-corrected chi connectivity index (χ1v) is 14.0. The third-order valence-corrected chi connectivity index (χ3v) is 8.03. The maximum atomic E-state index is 13.7. The highest BCUT2D eigenvalue weighted by Gasteiger charge is 2.31. The molecule has 7 heteroatoms. The van der Waals surface area contributed by atoms with E-state index in [1.165, 1.54) is 0 Å². The van der Waals surface area contributed by atoms with Crippen molar-refractivity contribution in [2.24, 2.45) is 0 Å². The molecule has 0 saturated carbocycles. The SMILES string of the molecule is CC[C@@H](C)NC(=O)[C@@H](Cc1ccccc1)N(Cc1cccc(Br)c1)C(=O)COc1cc(C)c(Br)c(C)c1. The van der Waals surface area contributed by atoms with Crippen LogP contribution < -0.4 is 10.1 Å². The molecule has 1 N–H and O–H groups in total. The maximum Gasteiger partial charge on any atom is 0.261 e. The number of halogens is 2. The second-order valence-electron chi connectivity index (χ2n) is 9.33. The van der Waals surface area contributed by atoms with Crippen LogP contribution in [0.4, 0.5) is 0 Å². The summed E-state index contributed by atoms with van der Waals surface area (Å²) in [5.74, 6) is 0.202. The number of ether oxygens (including phenoxy) is 1. The van der Waals surface area contributed by atoms with Crippen molar-refractivity contribution in [3.05, 3.63) is 97.9 Å². The van der Waals surface area contributed by atoms with Gasteiger partial charge in [0.05, 0.1) is 0 Å². The monoisotopic (exact) mass is 628 g/mol. The molecule has 0 aliphatic rings.